The van der Waals surface area contributed by atoms with Gasteiger partial charge in [-0.3, -0.25) is 10.1 Å². The van der Waals surface area contributed by atoms with E-state index in [-0.39, 0.29) is 46.0 Å². The number of aliphatic carboxylic acids is 1. The summed E-state index contributed by atoms with van der Waals surface area (Å²) in [4.78, 5) is 35.8. The molecule has 0 aromatic heterocycles. The minimum atomic E-state index is -1.28. The maximum absolute atomic E-state index is 13.1. The Bertz CT molecular complexity index is 968. The number of carbonyl (C=O) groups is 2. The summed E-state index contributed by atoms with van der Waals surface area (Å²) in [5, 5.41) is 24.1. The number of methoxy groups -OCH3 is 1. The number of non-ortho nitro benzene ring substituents is 1. The number of nitrogens with zero attached hydrogens (tertiary/aromatic N) is 1. The van der Waals surface area contributed by atoms with Crippen LogP contribution in [0, 0.1) is 16.0 Å². The number of carbonyl (C=O) groups excluding carboxylic acids is 1. The number of halogens is 1. The van der Waals surface area contributed by atoms with Gasteiger partial charge in [0.25, 0.3) is 5.69 Å². The monoisotopic (exact) mass is 452 g/mol. The molecule has 0 aliphatic carbocycles. The number of hydrogen-bond acceptors (Lipinski definition) is 7. The van der Waals surface area contributed by atoms with Crippen LogP contribution in [0.5, 0.6) is 0 Å². The SMILES string of the molecule is COC(COC(=O)C1=C(C)NC(C)=C(C(=O)O)C1c1cc([N+](=O)[O-])ccc1Cl)C(C)C. The molecule has 0 saturated heterocycles. The Balaban J connectivity index is 2.59. The van der Waals surface area contributed by atoms with Crippen LogP contribution in [0.3, 0.4) is 0 Å². The van der Waals surface area contributed by atoms with Crippen molar-refractivity contribution in [3.63, 3.8) is 0 Å². The lowest BCUT2D eigenvalue weighted by Crippen LogP contribution is -2.33. The quantitative estimate of drug-likeness (QED) is 0.346. The fourth-order valence-corrected chi connectivity index (χ4v) is 3.72. The van der Waals surface area contributed by atoms with Crippen molar-refractivity contribution in [2.45, 2.75) is 39.7 Å². The molecule has 168 valence electrons. The molecule has 0 bridgehead atoms. The third kappa shape index (κ3) is 5.23. The maximum atomic E-state index is 13.1. The third-order valence-corrected chi connectivity index (χ3v) is 5.48. The molecule has 31 heavy (non-hydrogen) atoms. The van der Waals surface area contributed by atoms with Gasteiger partial charge in [0.15, 0.2) is 0 Å². The van der Waals surface area contributed by atoms with Crippen LogP contribution in [0.15, 0.2) is 40.7 Å². The second kappa shape index (κ2) is 9.93. The molecule has 0 fully saturated rings. The van der Waals surface area contributed by atoms with E-state index in [1.807, 2.05) is 13.8 Å². The first-order chi connectivity index (χ1) is 14.5. The predicted octanol–water partition coefficient (Wildman–Crippen LogP) is 3.78. The second-order valence-corrected chi connectivity index (χ2v) is 7.93. The highest BCUT2D eigenvalue weighted by Gasteiger charge is 2.39. The van der Waals surface area contributed by atoms with Crippen molar-refractivity contribution in [3.05, 3.63) is 61.4 Å². The Labute approximate surface area is 184 Å². The Hall–Kier alpha value is -2.91. The number of esters is 1. The van der Waals surface area contributed by atoms with Gasteiger partial charge in [0.1, 0.15) is 6.61 Å². The molecule has 0 spiro atoms. The highest BCUT2D eigenvalue weighted by Crippen LogP contribution is 2.42. The highest BCUT2D eigenvalue weighted by molar-refractivity contribution is 6.31. The molecule has 2 N–H and O–H groups in total. The number of benzene rings is 1. The lowest BCUT2D eigenvalue weighted by atomic mass is 9.80. The average molecular weight is 453 g/mol. The van der Waals surface area contributed by atoms with Gasteiger partial charge in [0.2, 0.25) is 0 Å². The Kier molecular flexibility index (Phi) is 7.80. The zero-order valence-electron chi connectivity index (χ0n) is 17.9. The van der Waals surface area contributed by atoms with E-state index in [9.17, 15) is 24.8 Å². The molecule has 0 radical (unpaired) electrons. The first-order valence-electron chi connectivity index (χ1n) is 9.55. The first-order valence-corrected chi connectivity index (χ1v) is 9.92. The van der Waals surface area contributed by atoms with E-state index in [4.69, 9.17) is 21.1 Å². The molecule has 2 rings (SSSR count). The van der Waals surface area contributed by atoms with Gasteiger partial charge < -0.3 is 19.9 Å². The summed E-state index contributed by atoms with van der Waals surface area (Å²) >= 11 is 6.31. The lowest BCUT2D eigenvalue weighted by Gasteiger charge is -2.30. The first kappa shape index (κ1) is 24.4. The van der Waals surface area contributed by atoms with E-state index < -0.39 is 22.8 Å². The molecule has 1 aliphatic rings. The Morgan fingerprint density at radius 1 is 1.26 bits per heavy atom. The van der Waals surface area contributed by atoms with Crippen molar-refractivity contribution in [3.8, 4) is 0 Å². The molecule has 1 aliphatic heterocycles. The number of dihydropyridines is 1. The third-order valence-electron chi connectivity index (χ3n) is 5.14. The number of rotatable bonds is 8. The standard InChI is InChI=1S/C21H25ClN2O7/c1-10(2)16(30-5)9-31-21(27)18-12(4)23-11(3)17(20(25)26)19(18)14-8-13(24(28)29)6-7-15(14)22/h6-8,10,16,19,23H,9H2,1-5H3,(H,25,26). The summed E-state index contributed by atoms with van der Waals surface area (Å²) in [7, 11) is 1.51. The van der Waals surface area contributed by atoms with Crippen molar-refractivity contribution < 1.29 is 29.1 Å². The van der Waals surface area contributed by atoms with Gasteiger partial charge in [-0.15, -0.1) is 0 Å². The minimum absolute atomic E-state index is 0.0176. The van der Waals surface area contributed by atoms with E-state index in [0.29, 0.717) is 11.4 Å². The number of ether oxygens (including phenoxy) is 2. The number of nitrogens with one attached hydrogen (secondary N) is 1. The summed E-state index contributed by atoms with van der Waals surface area (Å²) in [5.41, 5.74) is 0.401. The van der Waals surface area contributed by atoms with Crippen molar-refractivity contribution in [1.29, 1.82) is 0 Å². The van der Waals surface area contributed by atoms with Gasteiger partial charge in [-0.1, -0.05) is 25.4 Å². The van der Waals surface area contributed by atoms with Crippen molar-refractivity contribution in [2.24, 2.45) is 5.92 Å². The summed E-state index contributed by atoms with van der Waals surface area (Å²) in [6.45, 7) is 6.94. The summed E-state index contributed by atoms with van der Waals surface area (Å²) in [6.07, 6.45) is -0.350. The van der Waals surface area contributed by atoms with Crippen LogP contribution < -0.4 is 5.32 Å². The molecule has 1 aromatic carbocycles. The minimum Gasteiger partial charge on any atom is -0.478 e. The van der Waals surface area contributed by atoms with Crippen LogP contribution in [0.1, 0.15) is 39.2 Å². The van der Waals surface area contributed by atoms with Gasteiger partial charge in [-0.2, -0.15) is 0 Å². The largest absolute Gasteiger partial charge is 0.478 e. The smallest absolute Gasteiger partial charge is 0.336 e. The zero-order chi connectivity index (χ0) is 23.5. The molecule has 2 unspecified atom stereocenters. The van der Waals surface area contributed by atoms with Gasteiger partial charge in [0.05, 0.1) is 28.1 Å². The summed E-state index contributed by atoms with van der Waals surface area (Å²) in [5.74, 6) is -3.12. The average Bonchev–Trinajstić information content (AvgIpc) is 2.67. The van der Waals surface area contributed by atoms with E-state index in [1.165, 1.54) is 25.3 Å². The topological polar surface area (TPSA) is 128 Å². The van der Waals surface area contributed by atoms with Gasteiger partial charge in [-0.05, 0) is 31.4 Å². The van der Waals surface area contributed by atoms with E-state index in [0.717, 1.165) is 0 Å². The maximum Gasteiger partial charge on any atom is 0.336 e. The Morgan fingerprint density at radius 2 is 1.87 bits per heavy atom. The lowest BCUT2D eigenvalue weighted by molar-refractivity contribution is -0.384. The van der Waals surface area contributed by atoms with Crippen LogP contribution in [0.2, 0.25) is 5.02 Å². The second-order valence-electron chi connectivity index (χ2n) is 7.52. The van der Waals surface area contributed by atoms with Crippen molar-refractivity contribution >= 4 is 29.2 Å². The normalized spacial score (nSPS) is 17.5. The van der Waals surface area contributed by atoms with Gasteiger partial charge >= 0.3 is 11.9 Å². The molecular weight excluding hydrogens is 428 g/mol. The molecule has 0 saturated carbocycles. The number of nitro benzene ring substituents is 1. The predicted molar refractivity (Wildman–Crippen MR) is 114 cm³/mol. The number of hydrogen-bond donors (Lipinski definition) is 2. The van der Waals surface area contributed by atoms with Crippen LogP contribution in [-0.2, 0) is 19.1 Å². The van der Waals surface area contributed by atoms with Gasteiger partial charge in [0, 0.05) is 35.7 Å². The highest BCUT2D eigenvalue weighted by atomic mass is 35.5. The number of nitro groups is 1. The van der Waals surface area contributed by atoms with Crippen LogP contribution in [0.4, 0.5) is 5.69 Å². The molecule has 9 nitrogen and oxygen atoms in total. The van der Waals surface area contributed by atoms with Crippen LogP contribution in [0.25, 0.3) is 0 Å². The van der Waals surface area contributed by atoms with E-state index in [2.05, 4.69) is 5.32 Å². The summed E-state index contributed by atoms with van der Waals surface area (Å²) < 4.78 is 10.8. The molecule has 10 heteroatoms. The molecule has 2 atom stereocenters. The molecule has 1 heterocycles. The fourth-order valence-electron chi connectivity index (χ4n) is 3.49. The Morgan fingerprint density at radius 3 is 2.39 bits per heavy atom. The van der Waals surface area contributed by atoms with Gasteiger partial charge in [-0.25, -0.2) is 9.59 Å². The van der Waals surface area contributed by atoms with E-state index >= 15 is 0 Å². The number of carboxylic acids is 1. The molecule has 0 amide bonds. The van der Waals surface area contributed by atoms with Crippen LogP contribution in [-0.4, -0.2) is 41.8 Å². The van der Waals surface area contributed by atoms with Crippen LogP contribution >= 0.6 is 11.6 Å². The molecule has 1 aromatic rings. The van der Waals surface area contributed by atoms with Crippen molar-refractivity contribution in [1.82, 2.24) is 5.32 Å². The fraction of sp³-hybridized carbons (Fsp3) is 0.429. The summed E-state index contributed by atoms with van der Waals surface area (Å²) in [6, 6.07) is 3.70. The molecular formula is C21H25ClN2O7. The number of allylic oxidation sites excluding steroid dienone is 2. The number of carboxylic acid groups (broad SMARTS) is 1. The zero-order valence-corrected chi connectivity index (χ0v) is 18.6. The van der Waals surface area contributed by atoms with Crippen molar-refractivity contribution in [2.75, 3.05) is 13.7 Å². The van der Waals surface area contributed by atoms with E-state index in [1.54, 1.807) is 13.8 Å².